The van der Waals surface area contributed by atoms with Crippen LogP contribution in [0.15, 0.2) is 48.1 Å². The molecular formula is C18H16N6O3S2. The van der Waals surface area contributed by atoms with Gasteiger partial charge in [0.2, 0.25) is 15.9 Å². The Labute approximate surface area is 170 Å². The average Bonchev–Trinajstić information content (AvgIpc) is 3.27. The van der Waals surface area contributed by atoms with E-state index >= 15 is 0 Å². The van der Waals surface area contributed by atoms with Crippen LogP contribution in [-0.4, -0.2) is 40.7 Å². The Morgan fingerprint density at radius 1 is 1.21 bits per heavy atom. The quantitative estimate of drug-likeness (QED) is 0.433. The number of nitrogens with zero attached hydrogens (tertiary/aromatic N) is 3. The SMILES string of the molecule is CS(=O)(=O)Nc1cccc(CC(=O)Nc2cc(-c3[nH]nc4nccnc34)cs2)c1. The number of aromatic amines is 1. The van der Waals surface area contributed by atoms with E-state index in [-0.39, 0.29) is 12.3 Å². The molecule has 148 valence electrons. The summed E-state index contributed by atoms with van der Waals surface area (Å²) in [5.74, 6) is -0.204. The van der Waals surface area contributed by atoms with Gasteiger partial charge in [0.15, 0.2) is 5.65 Å². The molecular weight excluding hydrogens is 412 g/mol. The Bertz CT molecular complexity index is 1300. The van der Waals surface area contributed by atoms with E-state index in [1.165, 1.54) is 11.3 Å². The number of rotatable bonds is 6. The van der Waals surface area contributed by atoms with Crippen molar-refractivity contribution in [3.05, 3.63) is 53.7 Å². The number of hydrogen-bond donors (Lipinski definition) is 3. The van der Waals surface area contributed by atoms with Crippen molar-refractivity contribution in [3.8, 4) is 11.3 Å². The molecule has 3 aromatic heterocycles. The molecule has 0 bridgehead atoms. The molecule has 9 nitrogen and oxygen atoms in total. The molecule has 3 N–H and O–H groups in total. The number of H-pyrrole nitrogens is 1. The number of amides is 1. The van der Waals surface area contributed by atoms with E-state index in [0.29, 0.717) is 27.4 Å². The number of sulfonamides is 1. The predicted octanol–water partition coefficient (Wildman–Crippen LogP) is 2.63. The van der Waals surface area contributed by atoms with E-state index in [2.05, 4.69) is 30.2 Å². The number of benzene rings is 1. The minimum Gasteiger partial charge on any atom is -0.317 e. The molecule has 0 aliphatic carbocycles. The number of thiophene rings is 1. The molecule has 3 heterocycles. The maximum absolute atomic E-state index is 12.4. The standard InChI is InChI=1S/C18H16N6O3S2/c1-29(26,27)24-13-4-2-3-11(7-13)8-14(25)21-15-9-12(10-28-15)16-17-18(23-22-16)20-6-5-19-17/h2-7,9-10,24H,8H2,1H3,(H,21,25)(H,20,22,23). The highest BCUT2D eigenvalue weighted by Gasteiger charge is 2.13. The van der Waals surface area contributed by atoms with Gasteiger partial charge < -0.3 is 5.32 Å². The van der Waals surface area contributed by atoms with Gasteiger partial charge in [0.1, 0.15) is 5.52 Å². The molecule has 29 heavy (non-hydrogen) atoms. The van der Waals surface area contributed by atoms with Crippen LogP contribution in [0.25, 0.3) is 22.4 Å². The van der Waals surface area contributed by atoms with Gasteiger partial charge in [0.25, 0.3) is 0 Å². The Balaban J connectivity index is 1.45. The molecule has 0 unspecified atom stereocenters. The van der Waals surface area contributed by atoms with Gasteiger partial charge in [0, 0.05) is 29.0 Å². The van der Waals surface area contributed by atoms with Gasteiger partial charge in [-0.2, -0.15) is 5.10 Å². The van der Waals surface area contributed by atoms with Crippen LogP contribution in [0, 0.1) is 0 Å². The number of nitrogens with one attached hydrogen (secondary N) is 3. The second kappa shape index (κ2) is 7.60. The average molecular weight is 428 g/mol. The number of carbonyl (C=O) groups is 1. The fourth-order valence-corrected chi connectivity index (χ4v) is 4.17. The second-order valence-corrected chi connectivity index (χ2v) is 8.99. The molecule has 0 saturated heterocycles. The van der Waals surface area contributed by atoms with Crippen molar-refractivity contribution in [1.29, 1.82) is 0 Å². The molecule has 0 radical (unpaired) electrons. The first-order chi connectivity index (χ1) is 13.9. The Morgan fingerprint density at radius 2 is 2.03 bits per heavy atom. The summed E-state index contributed by atoms with van der Waals surface area (Å²) in [5, 5.41) is 12.5. The van der Waals surface area contributed by atoms with E-state index in [9.17, 15) is 13.2 Å². The summed E-state index contributed by atoms with van der Waals surface area (Å²) in [6.45, 7) is 0. The second-order valence-electron chi connectivity index (χ2n) is 6.33. The summed E-state index contributed by atoms with van der Waals surface area (Å²) in [6, 6.07) is 8.57. The van der Waals surface area contributed by atoms with Crippen molar-refractivity contribution < 1.29 is 13.2 Å². The van der Waals surface area contributed by atoms with E-state index < -0.39 is 10.0 Å². The third kappa shape index (κ3) is 4.58. The fraction of sp³-hybridized carbons (Fsp3) is 0.111. The summed E-state index contributed by atoms with van der Waals surface area (Å²) in [4.78, 5) is 20.8. The lowest BCUT2D eigenvalue weighted by molar-refractivity contribution is -0.115. The highest BCUT2D eigenvalue weighted by Crippen LogP contribution is 2.31. The first-order valence-corrected chi connectivity index (χ1v) is 11.2. The first kappa shape index (κ1) is 19.0. The van der Waals surface area contributed by atoms with Crippen molar-refractivity contribution in [2.45, 2.75) is 6.42 Å². The van der Waals surface area contributed by atoms with Gasteiger partial charge in [-0.1, -0.05) is 12.1 Å². The highest BCUT2D eigenvalue weighted by atomic mass is 32.2. The maximum Gasteiger partial charge on any atom is 0.229 e. The number of hydrogen-bond acceptors (Lipinski definition) is 7. The van der Waals surface area contributed by atoms with Gasteiger partial charge >= 0.3 is 0 Å². The lowest BCUT2D eigenvalue weighted by Gasteiger charge is -2.07. The molecule has 0 aliphatic rings. The fourth-order valence-electron chi connectivity index (χ4n) is 2.81. The van der Waals surface area contributed by atoms with Crippen LogP contribution in [0.2, 0.25) is 0 Å². The molecule has 1 aromatic carbocycles. The van der Waals surface area contributed by atoms with Crippen LogP contribution in [0.5, 0.6) is 0 Å². The van der Waals surface area contributed by atoms with Gasteiger partial charge in [-0.15, -0.1) is 11.3 Å². The molecule has 0 saturated carbocycles. The summed E-state index contributed by atoms with van der Waals surface area (Å²) in [6.07, 6.45) is 4.37. The summed E-state index contributed by atoms with van der Waals surface area (Å²) >= 11 is 1.39. The first-order valence-electron chi connectivity index (χ1n) is 8.48. The van der Waals surface area contributed by atoms with E-state index in [4.69, 9.17) is 0 Å². The van der Waals surface area contributed by atoms with Crippen molar-refractivity contribution in [1.82, 2.24) is 20.2 Å². The Hall–Kier alpha value is -3.31. The van der Waals surface area contributed by atoms with Crippen LogP contribution < -0.4 is 10.0 Å². The van der Waals surface area contributed by atoms with Gasteiger partial charge in [-0.3, -0.25) is 14.6 Å². The van der Waals surface area contributed by atoms with Crippen molar-refractivity contribution >= 4 is 49.1 Å². The molecule has 0 spiro atoms. The monoisotopic (exact) mass is 428 g/mol. The lowest BCUT2D eigenvalue weighted by Crippen LogP contribution is -2.14. The zero-order valence-electron chi connectivity index (χ0n) is 15.2. The predicted molar refractivity (Wildman–Crippen MR) is 112 cm³/mol. The van der Waals surface area contributed by atoms with Crippen molar-refractivity contribution in [2.75, 3.05) is 16.3 Å². The largest absolute Gasteiger partial charge is 0.317 e. The van der Waals surface area contributed by atoms with Crippen LogP contribution in [0.4, 0.5) is 10.7 Å². The minimum atomic E-state index is -3.37. The zero-order valence-corrected chi connectivity index (χ0v) is 16.8. The third-order valence-electron chi connectivity index (χ3n) is 3.93. The minimum absolute atomic E-state index is 0.116. The van der Waals surface area contributed by atoms with Crippen LogP contribution >= 0.6 is 11.3 Å². The molecule has 1 amide bonds. The Kier molecular flexibility index (Phi) is 4.99. The summed E-state index contributed by atoms with van der Waals surface area (Å²) in [7, 11) is -3.37. The van der Waals surface area contributed by atoms with Crippen molar-refractivity contribution in [3.63, 3.8) is 0 Å². The molecule has 11 heteroatoms. The van der Waals surface area contributed by atoms with Crippen molar-refractivity contribution in [2.24, 2.45) is 0 Å². The normalized spacial score (nSPS) is 11.5. The Morgan fingerprint density at radius 3 is 2.86 bits per heavy atom. The van der Waals surface area contributed by atoms with E-state index in [1.54, 1.807) is 36.7 Å². The van der Waals surface area contributed by atoms with Crippen LogP contribution in [-0.2, 0) is 21.2 Å². The molecule has 0 atom stereocenters. The molecule has 4 rings (SSSR count). The van der Waals surface area contributed by atoms with Gasteiger partial charge in [-0.05, 0) is 23.8 Å². The number of fused-ring (bicyclic) bond motifs is 1. The molecule has 0 fully saturated rings. The number of carbonyl (C=O) groups excluding carboxylic acids is 1. The maximum atomic E-state index is 12.4. The third-order valence-corrected chi connectivity index (χ3v) is 5.39. The zero-order chi connectivity index (χ0) is 20.4. The molecule has 4 aromatic rings. The topological polar surface area (TPSA) is 130 Å². The van der Waals surface area contributed by atoms with E-state index in [1.807, 2.05) is 11.4 Å². The molecule has 0 aliphatic heterocycles. The number of aromatic nitrogens is 4. The van der Waals surface area contributed by atoms with Crippen LogP contribution in [0.3, 0.4) is 0 Å². The lowest BCUT2D eigenvalue weighted by atomic mass is 10.1. The highest BCUT2D eigenvalue weighted by molar-refractivity contribution is 7.92. The summed E-state index contributed by atoms with van der Waals surface area (Å²) in [5.41, 5.74) is 3.91. The summed E-state index contributed by atoms with van der Waals surface area (Å²) < 4.78 is 25.1. The number of anilines is 2. The van der Waals surface area contributed by atoms with Crippen LogP contribution in [0.1, 0.15) is 5.56 Å². The van der Waals surface area contributed by atoms with Gasteiger partial charge in [0.05, 0.1) is 23.4 Å². The van der Waals surface area contributed by atoms with E-state index in [0.717, 1.165) is 17.5 Å². The smallest absolute Gasteiger partial charge is 0.229 e. The van der Waals surface area contributed by atoms with Gasteiger partial charge in [-0.25, -0.2) is 18.4 Å².